The molecule has 1 aromatic heterocycles. The largest absolute Gasteiger partial charge is 0.342 e. The van der Waals surface area contributed by atoms with Crippen LogP contribution in [0.5, 0.6) is 0 Å². The lowest BCUT2D eigenvalue weighted by molar-refractivity contribution is -0.131. The number of carbonyl (C=O) groups excluding carboxylic acids is 1. The number of imidazole rings is 1. The third-order valence-corrected chi connectivity index (χ3v) is 4.08. The molecule has 4 nitrogen and oxygen atoms in total. The summed E-state index contributed by atoms with van der Waals surface area (Å²) in [5.41, 5.74) is 3.15. The monoisotopic (exact) mass is 321 g/mol. The van der Waals surface area contributed by atoms with Crippen LogP contribution >= 0.6 is 0 Å². The van der Waals surface area contributed by atoms with Gasteiger partial charge in [-0.2, -0.15) is 0 Å². The number of para-hydroxylation sites is 2. The van der Waals surface area contributed by atoms with Gasteiger partial charge in [0.2, 0.25) is 5.91 Å². The molecule has 0 unspecified atom stereocenters. The van der Waals surface area contributed by atoms with Crippen LogP contribution in [0.2, 0.25) is 0 Å². The normalized spacial score (nSPS) is 10.9. The molecule has 2 aromatic carbocycles. The zero-order chi connectivity index (χ0) is 16.8. The van der Waals surface area contributed by atoms with Gasteiger partial charge in [0.05, 0.1) is 11.0 Å². The van der Waals surface area contributed by atoms with Gasteiger partial charge in [0, 0.05) is 25.9 Å². The Morgan fingerprint density at radius 3 is 2.58 bits per heavy atom. The lowest BCUT2D eigenvalue weighted by Crippen LogP contribution is -2.31. The number of hydrogen-bond acceptors (Lipinski definition) is 2. The highest BCUT2D eigenvalue weighted by atomic mass is 16.2. The van der Waals surface area contributed by atoms with Gasteiger partial charge in [-0.3, -0.25) is 4.79 Å². The Morgan fingerprint density at radius 2 is 1.83 bits per heavy atom. The van der Waals surface area contributed by atoms with E-state index in [4.69, 9.17) is 0 Å². The zero-order valence-corrected chi connectivity index (χ0v) is 14.0. The molecule has 3 aromatic rings. The number of amides is 1. The van der Waals surface area contributed by atoms with Gasteiger partial charge >= 0.3 is 0 Å². The number of fused-ring (bicyclic) bond motifs is 1. The molecule has 1 N–H and O–H groups in total. The van der Waals surface area contributed by atoms with Gasteiger partial charge in [-0.05, 0) is 24.1 Å². The molecule has 0 spiro atoms. The zero-order valence-electron chi connectivity index (χ0n) is 14.0. The highest BCUT2D eigenvalue weighted by Crippen LogP contribution is 2.13. The maximum atomic E-state index is 12.6. The summed E-state index contributed by atoms with van der Waals surface area (Å²) < 4.78 is 0. The average molecular weight is 321 g/mol. The number of benzene rings is 2. The lowest BCUT2D eigenvalue weighted by Gasteiger charge is -2.22. The predicted octanol–water partition coefficient (Wildman–Crippen LogP) is 3.93. The Kier molecular flexibility index (Phi) is 5.26. The molecular weight excluding hydrogens is 298 g/mol. The second kappa shape index (κ2) is 7.77. The summed E-state index contributed by atoms with van der Waals surface area (Å²) in [4.78, 5) is 22.4. The molecule has 0 atom stereocenters. The Balaban J connectivity index is 1.62. The highest BCUT2D eigenvalue weighted by Gasteiger charge is 2.14. The van der Waals surface area contributed by atoms with Gasteiger partial charge < -0.3 is 9.88 Å². The summed E-state index contributed by atoms with van der Waals surface area (Å²) in [6.45, 7) is 3.56. The average Bonchev–Trinajstić information content (AvgIpc) is 3.03. The van der Waals surface area contributed by atoms with Crippen LogP contribution in [-0.2, 0) is 17.8 Å². The second-order valence-electron chi connectivity index (χ2n) is 6.00. The standard InChI is InChI=1S/C20H23N3O/c1-2-14-23(15-16-8-4-3-5-9-16)20(24)13-12-19-21-17-10-6-7-11-18(17)22-19/h3-11H,2,12-15H2,1H3,(H,21,22). The number of nitrogens with one attached hydrogen (secondary N) is 1. The summed E-state index contributed by atoms with van der Waals surface area (Å²) in [7, 11) is 0. The fraction of sp³-hybridized carbons (Fsp3) is 0.300. The van der Waals surface area contributed by atoms with Crippen LogP contribution in [0.25, 0.3) is 11.0 Å². The first-order valence-corrected chi connectivity index (χ1v) is 8.51. The number of carbonyl (C=O) groups is 1. The summed E-state index contributed by atoms with van der Waals surface area (Å²) in [6, 6.07) is 18.1. The molecule has 0 radical (unpaired) electrons. The van der Waals surface area contributed by atoms with E-state index in [1.54, 1.807) is 0 Å². The van der Waals surface area contributed by atoms with Crippen LogP contribution < -0.4 is 0 Å². The first-order chi connectivity index (χ1) is 11.8. The number of aromatic amines is 1. The predicted molar refractivity (Wildman–Crippen MR) is 96.6 cm³/mol. The molecule has 1 amide bonds. The summed E-state index contributed by atoms with van der Waals surface area (Å²) in [5.74, 6) is 1.06. The van der Waals surface area contributed by atoms with Gasteiger partial charge in [-0.15, -0.1) is 0 Å². The number of hydrogen-bond donors (Lipinski definition) is 1. The second-order valence-corrected chi connectivity index (χ2v) is 6.00. The van der Waals surface area contributed by atoms with Crippen LogP contribution in [0.3, 0.4) is 0 Å². The molecule has 0 aliphatic rings. The number of H-pyrrole nitrogens is 1. The topological polar surface area (TPSA) is 49.0 Å². The maximum absolute atomic E-state index is 12.6. The van der Waals surface area contributed by atoms with E-state index in [0.29, 0.717) is 19.4 Å². The molecule has 1 heterocycles. The SMILES string of the molecule is CCCN(Cc1ccccc1)C(=O)CCc1nc2ccccc2[nH]1. The van der Waals surface area contributed by atoms with E-state index >= 15 is 0 Å². The van der Waals surface area contributed by atoms with Crippen LogP contribution in [0.4, 0.5) is 0 Å². The van der Waals surface area contributed by atoms with E-state index in [2.05, 4.69) is 29.0 Å². The Morgan fingerprint density at radius 1 is 1.08 bits per heavy atom. The third kappa shape index (κ3) is 4.02. The number of rotatable bonds is 7. The minimum Gasteiger partial charge on any atom is -0.342 e. The van der Waals surface area contributed by atoms with Gasteiger partial charge in [0.25, 0.3) is 0 Å². The third-order valence-electron chi connectivity index (χ3n) is 4.08. The Bertz CT molecular complexity index is 762. The van der Waals surface area contributed by atoms with Crippen LogP contribution in [0, 0.1) is 0 Å². The van der Waals surface area contributed by atoms with Crippen molar-refractivity contribution in [3.05, 3.63) is 66.0 Å². The first-order valence-electron chi connectivity index (χ1n) is 8.51. The fourth-order valence-corrected chi connectivity index (χ4v) is 2.87. The van der Waals surface area contributed by atoms with Crippen molar-refractivity contribution < 1.29 is 4.79 Å². The van der Waals surface area contributed by atoms with Crippen molar-refractivity contribution >= 4 is 16.9 Å². The molecule has 24 heavy (non-hydrogen) atoms. The van der Waals surface area contributed by atoms with E-state index in [0.717, 1.165) is 29.8 Å². The van der Waals surface area contributed by atoms with Crippen molar-refractivity contribution in [3.8, 4) is 0 Å². The van der Waals surface area contributed by atoms with E-state index in [-0.39, 0.29) is 5.91 Å². The Labute approximate surface area is 142 Å². The number of nitrogens with zero attached hydrogens (tertiary/aromatic N) is 2. The molecule has 0 fully saturated rings. The fourth-order valence-electron chi connectivity index (χ4n) is 2.87. The van der Waals surface area contributed by atoms with Gasteiger partial charge in [0.1, 0.15) is 5.82 Å². The first kappa shape index (κ1) is 16.2. The smallest absolute Gasteiger partial charge is 0.223 e. The van der Waals surface area contributed by atoms with Crippen LogP contribution in [0.1, 0.15) is 31.2 Å². The van der Waals surface area contributed by atoms with Gasteiger partial charge in [-0.25, -0.2) is 4.98 Å². The number of aryl methyl sites for hydroxylation is 1. The summed E-state index contributed by atoms with van der Waals surface area (Å²) >= 11 is 0. The van der Waals surface area contributed by atoms with Crippen molar-refractivity contribution in [1.82, 2.24) is 14.9 Å². The quantitative estimate of drug-likeness (QED) is 0.716. The molecule has 4 heteroatoms. The lowest BCUT2D eigenvalue weighted by atomic mass is 10.2. The Hall–Kier alpha value is -2.62. The molecule has 3 rings (SSSR count). The van der Waals surface area contributed by atoms with E-state index in [9.17, 15) is 4.79 Å². The highest BCUT2D eigenvalue weighted by molar-refractivity contribution is 5.77. The van der Waals surface area contributed by atoms with E-state index in [1.807, 2.05) is 47.4 Å². The van der Waals surface area contributed by atoms with Gasteiger partial charge in [0.15, 0.2) is 0 Å². The van der Waals surface area contributed by atoms with Crippen LogP contribution in [0.15, 0.2) is 54.6 Å². The molecule has 124 valence electrons. The molecule has 0 aliphatic heterocycles. The summed E-state index contributed by atoms with van der Waals surface area (Å²) in [5, 5.41) is 0. The van der Waals surface area contributed by atoms with Crippen molar-refractivity contribution in [1.29, 1.82) is 0 Å². The molecule has 0 saturated carbocycles. The van der Waals surface area contributed by atoms with Gasteiger partial charge in [-0.1, -0.05) is 49.4 Å². The van der Waals surface area contributed by atoms with Crippen molar-refractivity contribution in [2.75, 3.05) is 6.54 Å². The van der Waals surface area contributed by atoms with Crippen molar-refractivity contribution in [3.63, 3.8) is 0 Å². The van der Waals surface area contributed by atoms with E-state index in [1.165, 1.54) is 5.56 Å². The molecule has 0 bridgehead atoms. The minimum absolute atomic E-state index is 0.182. The number of aromatic nitrogens is 2. The maximum Gasteiger partial charge on any atom is 0.223 e. The van der Waals surface area contributed by atoms with Crippen LogP contribution in [-0.4, -0.2) is 27.3 Å². The molecular formula is C20H23N3O. The molecule has 0 aliphatic carbocycles. The minimum atomic E-state index is 0.182. The van der Waals surface area contributed by atoms with Crippen molar-refractivity contribution in [2.24, 2.45) is 0 Å². The summed E-state index contributed by atoms with van der Waals surface area (Å²) in [6.07, 6.45) is 2.08. The van der Waals surface area contributed by atoms with Crippen molar-refractivity contribution in [2.45, 2.75) is 32.7 Å². The van der Waals surface area contributed by atoms with E-state index < -0.39 is 0 Å². The molecule has 0 saturated heterocycles.